The van der Waals surface area contributed by atoms with E-state index in [4.69, 9.17) is 0 Å². The Morgan fingerprint density at radius 2 is 1.33 bits per heavy atom. The molecule has 0 aliphatic carbocycles. The van der Waals surface area contributed by atoms with Gasteiger partial charge in [-0.05, 0) is 29.8 Å². The highest BCUT2D eigenvalue weighted by molar-refractivity contribution is 5.74. The van der Waals surface area contributed by atoms with Crippen LogP contribution in [0.1, 0.15) is 16.7 Å². The molecule has 0 heterocycles. The van der Waals surface area contributed by atoms with E-state index in [0.29, 0.717) is 18.2 Å². The number of halogens is 6. The predicted molar refractivity (Wildman–Crippen MR) is 51.2 cm³/mol. The maximum absolute atomic E-state index is 12.4. The standard InChI is InChI=1S/C11H5F6O/c12-10(13,14)8-4-7(2-1-3-18)5-9(6-8)11(15,16)17/h1-2,4-6H/b2-1+. The molecule has 1 nitrogen and oxygen atoms in total. The van der Waals surface area contributed by atoms with E-state index in [2.05, 4.69) is 0 Å². The van der Waals surface area contributed by atoms with Crippen molar-refractivity contribution < 1.29 is 31.1 Å². The Morgan fingerprint density at radius 1 is 0.889 bits per heavy atom. The monoisotopic (exact) mass is 267 g/mol. The molecule has 0 N–H and O–H groups in total. The first-order chi connectivity index (χ1) is 8.14. The van der Waals surface area contributed by atoms with Crippen molar-refractivity contribution >= 4 is 12.4 Å². The van der Waals surface area contributed by atoms with Crippen molar-refractivity contribution in [1.82, 2.24) is 0 Å². The molecule has 0 aliphatic heterocycles. The van der Waals surface area contributed by atoms with Crippen molar-refractivity contribution in [2.45, 2.75) is 12.4 Å². The summed E-state index contributed by atoms with van der Waals surface area (Å²) in [6.07, 6.45) is -7.04. The molecule has 0 aromatic heterocycles. The summed E-state index contributed by atoms with van der Waals surface area (Å²) in [5.74, 6) is 0. The SMILES string of the molecule is O=[C]/C=C/c1cc(C(F)(F)F)cc(C(F)(F)F)c1. The molecule has 1 rings (SSSR count). The summed E-state index contributed by atoms with van der Waals surface area (Å²) < 4.78 is 74.3. The van der Waals surface area contributed by atoms with E-state index >= 15 is 0 Å². The Bertz CT molecular complexity index is 437. The molecule has 0 unspecified atom stereocenters. The van der Waals surface area contributed by atoms with Gasteiger partial charge in [-0.25, -0.2) is 0 Å². The molecule has 0 amide bonds. The molecule has 0 saturated heterocycles. The van der Waals surface area contributed by atoms with Gasteiger partial charge in [0.25, 0.3) is 0 Å². The minimum Gasteiger partial charge on any atom is -0.286 e. The zero-order valence-corrected chi connectivity index (χ0v) is 8.56. The quantitative estimate of drug-likeness (QED) is 0.587. The second-order valence-electron chi connectivity index (χ2n) is 3.29. The van der Waals surface area contributed by atoms with Crippen molar-refractivity contribution in [3.63, 3.8) is 0 Å². The molecule has 7 heteroatoms. The summed E-state index contributed by atoms with van der Waals surface area (Å²) in [5.41, 5.74) is -3.23. The van der Waals surface area contributed by atoms with E-state index in [1.807, 2.05) is 0 Å². The third-order valence-electron chi connectivity index (χ3n) is 1.95. The minimum absolute atomic E-state index is 0.0158. The number of rotatable bonds is 2. The summed E-state index contributed by atoms with van der Waals surface area (Å²) in [6, 6.07) is 1.05. The van der Waals surface area contributed by atoms with Gasteiger partial charge < -0.3 is 0 Å². The number of hydrogen-bond donors (Lipinski definition) is 0. The van der Waals surface area contributed by atoms with Crippen molar-refractivity contribution in [3.05, 3.63) is 41.0 Å². The topological polar surface area (TPSA) is 17.1 Å². The Morgan fingerprint density at radius 3 is 1.67 bits per heavy atom. The first-order valence-electron chi connectivity index (χ1n) is 4.48. The van der Waals surface area contributed by atoms with Crippen LogP contribution in [0.3, 0.4) is 0 Å². The number of hydrogen-bond acceptors (Lipinski definition) is 1. The predicted octanol–water partition coefficient (Wildman–Crippen LogP) is 3.85. The van der Waals surface area contributed by atoms with Gasteiger partial charge >= 0.3 is 12.4 Å². The van der Waals surface area contributed by atoms with Crippen LogP contribution < -0.4 is 0 Å². The van der Waals surface area contributed by atoms with Crippen LogP contribution in [-0.4, -0.2) is 6.29 Å². The van der Waals surface area contributed by atoms with E-state index in [9.17, 15) is 31.1 Å². The lowest BCUT2D eigenvalue weighted by Gasteiger charge is -2.12. The third kappa shape index (κ3) is 3.61. The molecule has 0 saturated carbocycles. The van der Waals surface area contributed by atoms with Crippen LogP contribution >= 0.6 is 0 Å². The van der Waals surface area contributed by atoms with E-state index in [1.165, 1.54) is 6.29 Å². The molecule has 0 atom stereocenters. The molecule has 1 radical (unpaired) electrons. The van der Waals surface area contributed by atoms with Crippen molar-refractivity contribution in [1.29, 1.82) is 0 Å². The fourth-order valence-electron chi connectivity index (χ4n) is 1.21. The van der Waals surface area contributed by atoms with Crippen molar-refractivity contribution in [2.75, 3.05) is 0 Å². The summed E-state index contributed by atoms with van der Waals surface area (Å²) in [7, 11) is 0. The van der Waals surface area contributed by atoms with Crippen LogP contribution in [0.25, 0.3) is 6.08 Å². The molecule has 97 valence electrons. The third-order valence-corrected chi connectivity index (χ3v) is 1.95. The van der Waals surface area contributed by atoms with Gasteiger partial charge in [0.05, 0.1) is 11.1 Å². The Labute approximate surface area is 97.7 Å². The lowest BCUT2D eigenvalue weighted by atomic mass is 10.0. The van der Waals surface area contributed by atoms with Crippen LogP contribution in [0.4, 0.5) is 26.3 Å². The summed E-state index contributed by atoms with van der Waals surface area (Å²) in [5, 5.41) is 0. The lowest BCUT2D eigenvalue weighted by molar-refractivity contribution is -0.143. The Hall–Kier alpha value is -1.79. The molecule has 0 spiro atoms. The Kier molecular flexibility index (Phi) is 3.83. The van der Waals surface area contributed by atoms with Crippen molar-refractivity contribution in [2.24, 2.45) is 0 Å². The van der Waals surface area contributed by atoms with Crippen LogP contribution in [0.2, 0.25) is 0 Å². The summed E-state index contributed by atoms with van der Waals surface area (Å²) in [6.45, 7) is 0. The van der Waals surface area contributed by atoms with Gasteiger partial charge in [-0.2, -0.15) is 26.3 Å². The van der Waals surface area contributed by atoms with Crippen LogP contribution in [0.5, 0.6) is 0 Å². The lowest BCUT2D eigenvalue weighted by Crippen LogP contribution is -2.11. The first-order valence-corrected chi connectivity index (χ1v) is 4.48. The largest absolute Gasteiger partial charge is 0.416 e. The molecular weight excluding hydrogens is 262 g/mol. The molecule has 1 aromatic rings. The van der Waals surface area contributed by atoms with E-state index in [-0.39, 0.29) is 11.6 Å². The van der Waals surface area contributed by atoms with Gasteiger partial charge in [0.15, 0.2) is 0 Å². The zero-order chi connectivity index (χ0) is 14.0. The average molecular weight is 267 g/mol. The fraction of sp³-hybridized carbons (Fsp3) is 0.182. The van der Waals surface area contributed by atoms with Gasteiger partial charge in [-0.3, -0.25) is 4.79 Å². The van der Waals surface area contributed by atoms with Crippen molar-refractivity contribution in [3.8, 4) is 0 Å². The maximum atomic E-state index is 12.4. The van der Waals surface area contributed by atoms with Crippen LogP contribution in [-0.2, 0) is 17.1 Å². The van der Waals surface area contributed by atoms with Crippen LogP contribution in [0.15, 0.2) is 24.3 Å². The summed E-state index contributed by atoms with van der Waals surface area (Å²) >= 11 is 0. The maximum Gasteiger partial charge on any atom is 0.416 e. The minimum atomic E-state index is -4.89. The molecule has 0 fully saturated rings. The normalized spacial score (nSPS) is 13.0. The second kappa shape index (κ2) is 4.83. The summed E-state index contributed by atoms with van der Waals surface area (Å²) in [4.78, 5) is 9.89. The zero-order valence-electron chi connectivity index (χ0n) is 8.56. The van der Waals surface area contributed by atoms with Gasteiger partial charge in [0.1, 0.15) is 0 Å². The number of alkyl halides is 6. The Balaban J connectivity index is 3.38. The van der Waals surface area contributed by atoms with Gasteiger partial charge in [0.2, 0.25) is 6.29 Å². The van der Waals surface area contributed by atoms with E-state index in [0.717, 1.165) is 6.08 Å². The highest BCUT2D eigenvalue weighted by atomic mass is 19.4. The number of benzene rings is 1. The number of carbonyl (C=O) groups excluding carboxylic acids is 1. The average Bonchev–Trinajstić information content (AvgIpc) is 2.23. The van der Waals surface area contributed by atoms with Gasteiger partial charge in [-0.15, -0.1) is 0 Å². The molecule has 1 aromatic carbocycles. The molecule has 18 heavy (non-hydrogen) atoms. The van der Waals surface area contributed by atoms with Crippen LogP contribution in [0, 0.1) is 0 Å². The van der Waals surface area contributed by atoms with Gasteiger partial charge in [0, 0.05) is 0 Å². The van der Waals surface area contributed by atoms with Gasteiger partial charge in [-0.1, -0.05) is 6.08 Å². The molecule has 0 aliphatic rings. The fourth-order valence-corrected chi connectivity index (χ4v) is 1.21. The molecule has 0 bridgehead atoms. The highest BCUT2D eigenvalue weighted by Crippen LogP contribution is 2.36. The first kappa shape index (κ1) is 14.3. The van der Waals surface area contributed by atoms with E-state index in [1.54, 1.807) is 0 Å². The number of allylic oxidation sites excluding steroid dienone is 1. The highest BCUT2D eigenvalue weighted by Gasteiger charge is 2.36. The van der Waals surface area contributed by atoms with E-state index < -0.39 is 23.5 Å². The molecular formula is C11H5F6O. The smallest absolute Gasteiger partial charge is 0.286 e. The second-order valence-corrected chi connectivity index (χ2v) is 3.29.